The molecule has 4 heteroatoms. The molecule has 1 aromatic rings. The summed E-state index contributed by atoms with van der Waals surface area (Å²) in [5.41, 5.74) is 3.31. The minimum Gasteiger partial charge on any atom is -0.480 e. The second-order valence-corrected chi connectivity index (χ2v) is 5.00. The van der Waals surface area contributed by atoms with Gasteiger partial charge in [0.25, 0.3) is 0 Å². The average Bonchev–Trinajstić information content (AvgIpc) is 2.28. The van der Waals surface area contributed by atoms with Crippen LogP contribution in [-0.4, -0.2) is 28.4 Å². The summed E-state index contributed by atoms with van der Waals surface area (Å²) in [6.07, 6.45) is 0.309. The minimum absolute atomic E-state index is 0.106. The predicted octanol–water partition coefficient (Wildman–Crippen LogP) is 1.78. The number of nitrogens with zero attached hydrogens (tertiary/aromatic N) is 1. The summed E-state index contributed by atoms with van der Waals surface area (Å²) >= 11 is 0. The standard InChI is InChI=1S/C14H17NO3/c1-9(2)10-3-4-11-7-15(8-14(17)18)13(16)6-12(11)5-10/h3-5,9H,6-8H2,1-2H3,(H,17,18). The largest absolute Gasteiger partial charge is 0.480 e. The number of carbonyl (C=O) groups excluding carboxylic acids is 1. The van der Waals surface area contributed by atoms with Gasteiger partial charge in [0, 0.05) is 6.54 Å². The lowest BCUT2D eigenvalue weighted by atomic mass is 9.93. The molecule has 1 amide bonds. The Morgan fingerprint density at radius 1 is 1.39 bits per heavy atom. The second-order valence-electron chi connectivity index (χ2n) is 5.00. The van der Waals surface area contributed by atoms with Gasteiger partial charge >= 0.3 is 5.97 Å². The zero-order chi connectivity index (χ0) is 13.3. The van der Waals surface area contributed by atoms with E-state index in [1.165, 1.54) is 10.5 Å². The Morgan fingerprint density at radius 3 is 2.72 bits per heavy atom. The molecule has 0 spiro atoms. The summed E-state index contributed by atoms with van der Waals surface area (Å²) in [5, 5.41) is 8.75. The zero-order valence-electron chi connectivity index (χ0n) is 10.6. The molecule has 0 atom stereocenters. The summed E-state index contributed by atoms with van der Waals surface area (Å²) in [7, 11) is 0. The van der Waals surface area contributed by atoms with Crippen LogP contribution in [0.1, 0.15) is 36.5 Å². The number of carbonyl (C=O) groups is 2. The Bertz CT molecular complexity index is 494. The SMILES string of the molecule is CC(C)c1ccc2c(c1)CC(=O)N(CC(=O)O)C2. The summed E-state index contributed by atoms with van der Waals surface area (Å²) in [5.74, 6) is -0.640. The van der Waals surface area contributed by atoms with Crippen LogP contribution >= 0.6 is 0 Å². The quantitative estimate of drug-likeness (QED) is 0.885. The Balaban J connectivity index is 2.25. The van der Waals surface area contributed by atoms with Crippen molar-refractivity contribution < 1.29 is 14.7 Å². The summed E-state index contributed by atoms with van der Waals surface area (Å²) in [6, 6.07) is 6.13. The Labute approximate surface area is 106 Å². The van der Waals surface area contributed by atoms with E-state index in [0.29, 0.717) is 18.9 Å². The van der Waals surface area contributed by atoms with Crippen LogP contribution < -0.4 is 0 Å². The molecule has 0 fully saturated rings. The number of fused-ring (bicyclic) bond motifs is 1. The molecule has 0 saturated heterocycles. The van der Waals surface area contributed by atoms with Crippen molar-refractivity contribution in [2.24, 2.45) is 0 Å². The Kier molecular flexibility index (Phi) is 3.36. The third-order valence-corrected chi connectivity index (χ3v) is 3.28. The van der Waals surface area contributed by atoms with Gasteiger partial charge in [0.2, 0.25) is 5.91 Å². The van der Waals surface area contributed by atoms with E-state index in [-0.39, 0.29) is 12.5 Å². The van der Waals surface area contributed by atoms with Crippen molar-refractivity contribution in [3.05, 3.63) is 34.9 Å². The maximum Gasteiger partial charge on any atom is 0.323 e. The number of amides is 1. The van der Waals surface area contributed by atoms with E-state index in [9.17, 15) is 9.59 Å². The topological polar surface area (TPSA) is 57.6 Å². The molecule has 1 N–H and O–H groups in total. The molecule has 1 heterocycles. The molecule has 0 unspecified atom stereocenters. The lowest BCUT2D eigenvalue weighted by molar-refractivity contribution is -0.145. The molecule has 18 heavy (non-hydrogen) atoms. The Hall–Kier alpha value is -1.84. The van der Waals surface area contributed by atoms with Crippen LogP contribution in [0.25, 0.3) is 0 Å². The molecular weight excluding hydrogens is 230 g/mol. The molecule has 0 saturated carbocycles. The van der Waals surface area contributed by atoms with E-state index in [1.807, 2.05) is 6.07 Å². The van der Waals surface area contributed by atoms with Gasteiger partial charge in [-0.15, -0.1) is 0 Å². The number of hydrogen-bond acceptors (Lipinski definition) is 2. The first-order chi connectivity index (χ1) is 8.47. The van der Waals surface area contributed by atoms with Crippen molar-refractivity contribution in [3.8, 4) is 0 Å². The number of carboxylic acid groups (broad SMARTS) is 1. The maximum atomic E-state index is 11.8. The van der Waals surface area contributed by atoms with Gasteiger partial charge in [-0.3, -0.25) is 9.59 Å². The summed E-state index contributed by atoms with van der Waals surface area (Å²) in [4.78, 5) is 23.9. The van der Waals surface area contributed by atoms with Crippen molar-refractivity contribution in [1.29, 1.82) is 0 Å². The van der Waals surface area contributed by atoms with Crippen LogP contribution in [0.15, 0.2) is 18.2 Å². The van der Waals surface area contributed by atoms with Crippen molar-refractivity contribution in [2.45, 2.75) is 32.7 Å². The van der Waals surface area contributed by atoms with E-state index >= 15 is 0 Å². The molecule has 0 aromatic heterocycles. The maximum absolute atomic E-state index is 11.8. The van der Waals surface area contributed by atoms with Gasteiger partial charge in [-0.1, -0.05) is 32.0 Å². The van der Waals surface area contributed by atoms with Gasteiger partial charge in [0.05, 0.1) is 6.42 Å². The number of hydrogen-bond donors (Lipinski definition) is 1. The lowest BCUT2D eigenvalue weighted by Crippen LogP contribution is -2.39. The van der Waals surface area contributed by atoms with E-state index in [4.69, 9.17) is 5.11 Å². The molecule has 2 rings (SSSR count). The van der Waals surface area contributed by atoms with Crippen molar-refractivity contribution in [1.82, 2.24) is 4.90 Å². The van der Waals surface area contributed by atoms with Gasteiger partial charge in [-0.05, 0) is 22.6 Å². The van der Waals surface area contributed by atoms with Crippen LogP contribution in [0, 0.1) is 0 Å². The van der Waals surface area contributed by atoms with Crippen LogP contribution in [0.4, 0.5) is 0 Å². The van der Waals surface area contributed by atoms with Gasteiger partial charge in [0.15, 0.2) is 0 Å². The van der Waals surface area contributed by atoms with Gasteiger partial charge in [-0.25, -0.2) is 0 Å². The first-order valence-corrected chi connectivity index (χ1v) is 6.08. The smallest absolute Gasteiger partial charge is 0.323 e. The van der Waals surface area contributed by atoms with E-state index < -0.39 is 5.97 Å². The highest BCUT2D eigenvalue weighted by Crippen LogP contribution is 2.24. The number of carboxylic acids is 1. The van der Waals surface area contributed by atoms with E-state index in [1.54, 1.807) is 0 Å². The molecule has 0 radical (unpaired) electrons. The van der Waals surface area contributed by atoms with E-state index in [2.05, 4.69) is 26.0 Å². The lowest BCUT2D eigenvalue weighted by Gasteiger charge is -2.28. The summed E-state index contributed by atoms with van der Waals surface area (Å²) in [6.45, 7) is 4.41. The monoisotopic (exact) mass is 247 g/mol. The highest BCUT2D eigenvalue weighted by Gasteiger charge is 2.24. The number of rotatable bonds is 3. The van der Waals surface area contributed by atoms with Gasteiger partial charge < -0.3 is 10.0 Å². The fraction of sp³-hybridized carbons (Fsp3) is 0.429. The Morgan fingerprint density at radius 2 is 2.11 bits per heavy atom. The average molecular weight is 247 g/mol. The fourth-order valence-corrected chi connectivity index (χ4v) is 2.20. The highest BCUT2D eigenvalue weighted by molar-refractivity contribution is 5.84. The molecule has 4 nitrogen and oxygen atoms in total. The fourth-order valence-electron chi connectivity index (χ4n) is 2.20. The van der Waals surface area contributed by atoms with Crippen LogP contribution in [0.2, 0.25) is 0 Å². The van der Waals surface area contributed by atoms with Crippen LogP contribution in [-0.2, 0) is 22.6 Å². The third kappa shape index (κ3) is 2.53. The predicted molar refractivity (Wildman–Crippen MR) is 67.3 cm³/mol. The van der Waals surface area contributed by atoms with Crippen molar-refractivity contribution in [3.63, 3.8) is 0 Å². The number of aliphatic carboxylic acids is 1. The molecule has 0 aliphatic carbocycles. The van der Waals surface area contributed by atoms with E-state index in [0.717, 1.165) is 11.1 Å². The normalized spacial score (nSPS) is 14.8. The highest BCUT2D eigenvalue weighted by atomic mass is 16.4. The summed E-state index contributed by atoms with van der Waals surface area (Å²) < 4.78 is 0. The van der Waals surface area contributed by atoms with Gasteiger partial charge in [0.1, 0.15) is 6.54 Å². The first kappa shape index (κ1) is 12.6. The van der Waals surface area contributed by atoms with Crippen LogP contribution in [0.5, 0.6) is 0 Å². The van der Waals surface area contributed by atoms with Crippen molar-refractivity contribution >= 4 is 11.9 Å². The molecule has 0 bridgehead atoms. The first-order valence-electron chi connectivity index (χ1n) is 6.08. The van der Waals surface area contributed by atoms with Crippen LogP contribution in [0.3, 0.4) is 0 Å². The van der Waals surface area contributed by atoms with Crippen molar-refractivity contribution in [2.75, 3.05) is 6.54 Å². The minimum atomic E-state index is -0.967. The third-order valence-electron chi connectivity index (χ3n) is 3.28. The van der Waals surface area contributed by atoms with Gasteiger partial charge in [-0.2, -0.15) is 0 Å². The molecule has 96 valence electrons. The molecule has 1 aliphatic rings. The number of benzene rings is 1. The molecular formula is C14H17NO3. The molecule has 1 aliphatic heterocycles. The molecule has 1 aromatic carbocycles. The zero-order valence-corrected chi connectivity index (χ0v) is 10.6. The second kappa shape index (κ2) is 4.80.